The molecule has 15 heavy (non-hydrogen) atoms. The fourth-order valence-electron chi connectivity index (χ4n) is 0.942. The Hall–Kier alpha value is -1.41. The van der Waals surface area contributed by atoms with E-state index in [0.717, 1.165) is 0 Å². The minimum Gasteiger partial charge on any atom is -0.351 e. The van der Waals surface area contributed by atoms with Crippen molar-refractivity contribution in [2.45, 2.75) is 6.92 Å². The van der Waals surface area contributed by atoms with Gasteiger partial charge in [0.2, 0.25) is 0 Å². The third kappa shape index (κ3) is 3.33. The molecule has 0 bridgehead atoms. The number of carbonyl (C=O) groups is 1. The molecule has 0 saturated heterocycles. The van der Waals surface area contributed by atoms with Crippen LogP contribution in [0.15, 0.2) is 22.9 Å². The van der Waals surface area contributed by atoms with Crippen molar-refractivity contribution in [3.8, 4) is 6.07 Å². The Kier molecular flexibility index (Phi) is 4.25. The topological polar surface area (TPSA) is 65.8 Å². The zero-order valence-corrected chi connectivity index (χ0v) is 9.78. The lowest BCUT2D eigenvalue weighted by Gasteiger charge is -2.06. The molecular formula is C10H10BrN3O. The van der Waals surface area contributed by atoms with Gasteiger partial charge in [0.1, 0.15) is 4.60 Å². The molecular weight excluding hydrogens is 258 g/mol. The Morgan fingerprint density at radius 3 is 3.13 bits per heavy atom. The van der Waals surface area contributed by atoms with E-state index in [2.05, 4.69) is 26.2 Å². The molecule has 0 aliphatic heterocycles. The average molecular weight is 268 g/mol. The lowest BCUT2D eigenvalue weighted by atomic mass is 10.2. The van der Waals surface area contributed by atoms with Crippen molar-refractivity contribution in [1.29, 1.82) is 5.26 Å². The lowest BCUT2D eigenvalue weighted by Crippen LogP contribution is -2.28. The van der Waals surface area contributed by atoms with Crippen molar-refractivity contribution in [3.63, 3.8) is 0 Å². The summed E-state index contributed by atoms with van der Waals surface area (Å²) in [6.45, 7) is 2.09. The molecule has 5 heteroatoms. The highest BCUT2D eigenvalue weighted by atomic mass is 79.9. The highest BCUT2D eigenvalue weighted by Gasteiger charge is 2.10. The molecule has 1 unspecified atom stereocenters. The van der Waals surface area contributed by atoms with Crippen LogP contribution in [-0.2, 0) is 0 Å². The Labute approximate surface area is 96.4 Å². The largest absolute Gasteiger partial charge is 0.351 e. The van der Waals surface area contributed by atoms with Crippen LogP contribution in [0.25, 0.3) is 0 Å². The van der Waals surface area contributed by atoms with Gasteiger partial charge < -0.3 is 5.32 Å². The Balaban J connectivity index is 2.63. The Morgan fingerprint density at radius 1 is 1.80 bits per heavy atom. The molecule has 0 saturated carbocycles. The van der Waals surface area contributed by atoms with Crippen molar-refractivity contribution in [1.82, 2.24) is 10.3 Å². The fourth-order valence-corrected chi connectivity index (χ4v) is 1.37. The van der Waals surface area contributed by atoms with E-state index in [-0.39, 0.29) is 11.8 Å². The van der Waals surface area contributed by atoms with Gasteiger partial charge in [-0.05, 0) is 35.0 Å². The smallest absolute Gasteiger partial charge is 0.254 e. The maximum Gasteiger partial charge on any atom is 0.254 e. The van der Waals surface area contributed by atoms with Gasteiger partial charge in [0.05, 0.1) is 17.6 Å². The minimum atomic E-state index is -0.225. The van der Waals surface area contributed by atoms with E-state index in [1.807, 2.05) is 6.07 Å². The number of amides is 1. The SMILES string of the molecule is CC(C#N)CNC(=O)c1cccnc1Br. The maximum atomic E-state index is 11.6. The third-order valence-electron chi connectivity index (χ3n) is 1.79. The van der Waals surface area contributed by atoms with Gasteiger partial charge in [-0.15, -0.1) is 0 Å². The summed E-state index contributed by atoms with van der Waals surface area (Å²) in [7, 11) is 0. The van der Waals surface area contributed by atoms with Gasteiger partial charge in [-0.1, -0.05) is 0 Å². The van der Waals surface area contributed by atoms with Crippen LogP contribution in [0.1, 0.15) is 17.3 Å². The first-order valence-electron chi connectivity index (χ1n) is 4.43. The number of pyridine rings is 1. The van der Waals surface area contributed by atoms with Crippen LogP contribution < -0.4 is 5.32 Å². The molecule has 78 valence electrons. The highest BCUT2D eigenvalue weighted by Crippen LogP contribution is 2.11. The number of aromatic nitrogens is 1. The standard InChI is InChI=1S/C10H10BrN3O/c1-7(5-12)6-14-10(15)8-3-2-4-13-9(8)11/h2-4,7H,6H2,1H3,(H,14,15). The second-order valence-corrected chi connectivity index (χ2v) is 3.83. The van der Waals surface area contributed by atoms with Crippen molar-refractivity contribution in [2.24, 2.45) is 5.92 Å². The Bertz CT molecular complexity index is 400. The van der Waals surface area contributed by atoms with Crippen molar-refractivity contribution >= 4 is 21.8 Å². The molecule has 1 atom stereocenters. The van der Waals surface area contributed by atoms with Crippen LogP contribution in [0.3, 0.4) is 0 Å². The van der Waals surface area contributed by atoms with E-state index in [4.69, 9.17) is 5.26 Å². The number of carbonyl (C=O) groups excluding carboxylic acids is 1. The summed E-state index contributed by atoms with van der Waals surface area (Å²) < 4.78 is 0.507. The van der Waals surface area contributed by atoms with Gasteiger partial charge in [-0.25, -0.2) is 4.98 Å². The van der Waals surface area contributed by atoms with E-state index in [1.54, 1.807) is 25.3 Å². The van der Waals surface area contributed by atoms with Crippen LogP contribution in [0, 0.1) is 17.2 Å². The van der Waals surface area contributed by atoms with E-state index < -0.39 is 0 Å². The first kappa shape index (κ1) is 11.7. The summed E-state index contributed by atoms with van der Waals surface area (Å²) in [6.07, 6.45) is 1.60. The molecule has 0 radical (unpaired) electrons. The number of nitriles is 1. The predicted octanol–water partition coefficient (Wildman–Crippen LogP) is 1.73. The van der Waals surface area contributed by atoms with Crippen LogP contribution in [0.2, 0.25) is 0 Å². The molecule has 4 nitrogen and oxygen atoms in total. The van der Waals surface area contributed by atoms with E-state index in [1.165, 1.54) is 0 Å². The summed E-state index contributed by atoms with van der Waals surface area (Å²) in [5, 5.41) is 11.2. The molecule has 0 aliphatic carbocycles. The first-order chi connectivity index (χ1) is 7.15. The second-order valence-electron chi connectivity index (χ2n) is 3.08. The van der Waals surface area contributed by atoms with Gasteiger partial charge >= 0.3 is 0 Å². The molecule has 1 heterocycles. The number of halogens is 1. The van der Waals surface area contributed by atoms with Crippen LogP contribution in [0.4, 0.5) is 0 Å². The number of hydrogen-bond donors (Lipinski definition) is 1. The van der Waals surface area contributed by atoms with Crippen molar-refractivity contribution in [3.05, 3.63) is 28.5 Å². The van der Waals surface area contributed by atoms with Crippen molar-refractivity contribution < 1.29 is 4.79 Å². The van der Waals surface area contributed by atoms with Crippen molar-refractivity contribution in [2.75, 3.05) is 6.54 Å². The highest BCUT2D eigenvalue weighted by molar-refractivity contribution is 9.10. The fraction of sp³-hybridized carbons (Fsp3) is 0.300. The van der Waals surface area contributed by atoms with Crippen LogP contribution in [0.5, 0.6) is 0 Å². The lowest BCUT2D eigenvalue weighted by molar-refractivity contribution is 0.0949. The summed E-state index contributed by atoms with van der Waals surface area (Å²) >= 11 is 3.18. The predicted molar refractivity (Wildman–Crippen MR) is 59.0 cm³/mol. The van der Waals surface area contributed by atoms with Gasteiger partial charge in [0, 0.05) is 12.7 Å². The number of hydrogen-bond acceptors (Lipinski definition) is 3. The number of nitrogens with zero attached hydrogens (tertiary/aromatic N) is 2. The molecule has 1 rings (SSSR count). The summed E-state index contributed by atoms with van der Waals surface area (Å²) in [6, 6.07) is 5.40. The van der Waals surface area contributed by atoms with E-state index in [9.17, 15) is 4.79 Å². The van der Waals surface area contributed by atoms with Gasteiger partial charge in [0.15, 0.2) is 0 Å². The van der Waals surface area contributed by atoms with Gasteiger partial charge in [-0.3, -0.25) is 4.79 Å². The number of rotatable bonds is 3. The second kappa shape index (κ2) is 5.47. The zero-order valence-electron chi connectivity index (χ0n) is 8.20. The molecule has 0 aromatic carbocycles. The summed E-state index contributed by atoms with van der Waals surface area (Å²) in [5.41, 5.74) is 0.475. The zero-order chi connectivity index (χ0) is 11.3. The third-order valence-corrected chi connectivity index (χ3v) is 2.42. The van der Waals surface area contributed by atoms with Gasteiger partial charge in [0.25, 0.3) is 5.91 Å². The monoisotopic (exact) mass is 267 g/mol. The normalized spacial score (nSPS) is 11.5. The molecule has 0 aliphatic rings. The van der Waals surface area contributed by atoms with E-state index >= 15 is 0 Å². The summed E-state index contributed by atoms with van der Waals surface area (Å²) in [5.74, 6) is -0.415. The van der Waals surface area contributed by atoms with Gasteiger partial charge in [-0.2, -0.15) is 5.26 Å². The Morgan fingerprint density at radius 2 is 2.53 bits per heavy atom. The molecule has 1 amide bonds. The molecule has 0 spiro atoms. The first-order valence-corrected chi connectivity index (χ1v) is 5.22. The number of nitrogens with one attached hydrogen (secondary N) is 1. The molecule has 1 N–H and O–H groups in total. The minimum absolute atomic E-state index is 0.190. The molecule has 1 aromatic heterocycles. The maximum absolute atomic E-state index is 11.6. The summed E-state index contributed by atoms with van der Waals surface area (Å²) in [4.78, 5) is 15.5. The van der Waals surface area contributed by atoms with Crippen LogP contribution in [-0.4, -0.2) is 17.4 Å². The van der Waals surface area contributed by atoms with E-state index in [0.29, 0.717) is 16.7 Å². The molecule has 0 fully saturated rings. The van der Waals surface area contributed by atoms with Crippen LogP contribution >= 0.6 is 15.9 Å². The average Bonchev–Trinajstić information content (AvgIpc) is 2.26. The quantitative estimate of drug-likeness (QED) is 0.849. The molecule has 1 aromatic rings.